The number of benzene rings is 1. The zero-order chi connectivity index (χ0) is 27.2. The van der Waals surface area contributed by atoms with Crippen molar-refractivity contribution in [2.45, 2.75) is 116 Å². The first-order valence-corrected chi connectivity index (χ1v) is 16.2. The highest BCUT2D eigenvalue weighted by Crippen LogP contribution is 2.67. The Morgan fingerprint density at radius 1 is 0.974 bits per heavy atom. The zero-order valence-electron chi connectivity index (χ0n) is 24.1. The Morgan fingerprint density at radius 3 is 2.42 bits per heavy atom. The molecule has 210 valence electrons. The van der Waals surface area contributed by atoms with Crippen LogP contribution in [0.25, 0.3) is 0 Å². The van der Waals surface area contributed by atoms with Gasteiger partial charge in [0.15, 0.2) is 0 Å². The van der Waals surface area contributed by atoms with Gasteiger partial charge in [-0.3, -0.25) is 0 Å². The number of carbonyl (C=O) groups excluding carboxylic acids is 1. The Labute approximate surface area is 241 Å². The van der Waals surface area contributed by atoms with Gasteiger partial charge in [0, 0.05) is 0 Å². The molecule has 0 saturated heterocycles. The van der Waals surface area contributed by atoms with Gasteiger partial charge in [-0.25, -0.2) is 4.79 Å². The second-order valence-corrected chi connectivity index (χ2v) is 15.1. The maximum atomic E-state index is 12.8. The number of hydrogen-bond acceptors (Lipinski definition) is 2. The monoisotopic (exact) mass is 558 g/mol. The highest BCUT2D eigenvalue weighted by atomic mass is 35.5. The number of alkyl halides is 2. The molecule has 1 aromatic carbocycles. The highest BCUT2D eigenvalue weighted by molar-refractivity contribution is 6.24. The third kappa shape index (κ3) is 5.11. The molecule has 0 N–H and O–H groups in total. The fourth-order valence-corrected chi connectivity index (χ4v) is 10.3. The van der Waals surface area contributed by atoms with Gasteiger partial charge < -0.3 is 4.74 Å². The van der Waals surface area contributed by atoms with Crippen LogP contribution in [-0.2, 0) is 4.74 Å². The van der Waals surface area contributed by atoms with Crippen molar-refractivity contribution >= 4 is 29.2 Å². The molecular weight excluding hydrogens is 511 g/mol. The third-order valence-corrected chi connectivity index (χ3v) is 12.2. The van der Waals surface area contributed by atoms with E-state index in [0.717, 1.165) is 38.0 Å². The molecule has 0 unspecified atom stereocenters. The van der Waals surface area contributed by atoms with Crippen LogP contribution in [0.2, 0.25) is 0 Å². The first-order valence-electron chi connectivity index (χ1n) is 15.3. The molecule has 4 aliphatic rings. The fourth-order valence-electron chi connectivity index (χ4n) is 9.24. The van der Waals surface area contributed by atoms with Crippen LogP contribution in [-0.4, -0.2) is 22.8 Å². The molecule has 0 amide bonds. The quantitative estimate of drug-likeness (QED) is 0.189. The van der Waals surface area contributed by atoms with E-state index >= 15 is 0 Å². The Hall–Kier alpha value is -0.990. The van der Waals surface area contributed by atoms with E-state index in [9.17, 15) is 4.79 Å². The fraction of sp³-hybridized carbons (Fsp3) is 0.735. The summed E-state index contributed by atoms with van der Waals surface area (Å²) in [5.41, 5.74) is 4.10. The van der Waals surface area contributed by atoms with E-state index in [1.807, 2.05) is 30.3 Å². The first kappa shape index (κ1) is 28.5. The van der Waals surface area contributed by atoms with E-state index < -0.39 is 0 Å². The van der Waals surface area contributed by atoms with Gasteiger partial charge in [-0.1, -0.05) is 72.1 Å². The molecule has 3 fully saturated rings. The molecule has 38 heavy (non-hydrogen) atoms. The van der Waals surface area contributed by atoms with Gasteiger partial charge in [-0.15, -0.1) is 23.2 Å². The predicted molar refractivity (Wildman–Crippen MR) is 159 cm³/mol. The lowest BCUT2D eigenvalue weighted by Gasteiger charge is -2.58. The molecule has 3 saturated carbocycles. The molecule has 0 heterocycles. The lowest BCUT2D eigenvalue weighted by Crippen LogP contribution is -2.51. The Kier molecular flexibility index (Phi) is 8.35. The summed E-state index contributed by atoms with van der Waals surface area (Å²) >= 11 is 14.6. The van der Waals surface area contributed by atoms with Crippen molar-refractivity contribution in [2.24, 2.45) is 40.4 Å². The average molecular weight is 560 g/mol. The Bertz CT molecular complexity index is 1030. The lowest BCUT2D eigenvalue weighted by molar-refractivity contribution is -0.0492. The Balaban J connectivity index is 1.34. The number of allylic oxidation sites excluding steroid dienone is 2. The van der Waals surface area contributed by atoms with Crippen molar-refractivity contribution in [3.63, 3.8) is 0 Å². The molecule has 0 aromatic heterocycles. The van der Waals surface area contributed by atoms with Gasteiger partial charge in [0.25, 0.3) is 0 Å². The summed E-state index contributed by atoms with van der Waals surface area (Å²) in [5, 5.41) is 0.174. The van der Waals surface area contributed by atoms with Crippen molar-refractivity contribution in [1.82, 2.24) is 0 Å². The van der Waals surface area contributed by atoms with Crippen molar-refractivity contribution in [3.8, 4) is 0 Å². The Morgan fingerprint density at radius 2 is 1.71 bits per heavy atom. The van der Waals surface area contributed by atoms with Gasteiger partial charge in [-0.2, -0.15) is 0 Å². The van der Waals surface area contributed by atoms with Gasteiger partial charge in [0.05, 0.1) is 16.3 Å². The van der Waals surface area contributed by atoms with Crippen LogP contribution in [0.4, 0.5) is 0 Å². The number of esters is 1. The van der Waals surface area contributed by atoms with Crippen molar-refractivity contribution in [2.75, 3.05) is 0 Å². The summed E-state index contributed by atoms with van der Waals surface area (Å²) in [6.07, 6.45) is 11.4. The van der Waals surface area contributed by atoms with Gasteiger partial charge >= 0.3 is 5.97 Å². The van der Waals surface area contributed by atoms with Gasteiger partial charge in [0.2, 0.25) is 0 Å². The second kappa shape index (κ2) is 11.1. The van der Waals surface area contributed by atoms with E-state index in [1.54, 1.807) is 0 Å². The number of halogens is 2. The van der Waals surface area contributed by atoms with Crippen molar-refractivity contribution in [1.29, 1.82) is 0 Å². The van der Waals surface area contributed by atoms with Crippen LogP contribution in [0, 0.1) is 40.4 Å². The number of rotatable bonds is 7. The van der Waals surface area contributed by atoms with Crippen LogP contribution in [0.1, 0.15) is 109 Å². The maximum absolute atomic E-state index is 12.8. The maximum Gasteiger partial charge on any atom is 0.338 e. The first-order chi connectivity index (χ1) is 18.0. The van der Waals surface area contributed by atoms with Gasteiger partial charge in [0.1, 0.15) is 6.10 Å². The van der Waals surface area contributed by atoms with E-state index in [0.29, 0.717) is 29.2 Å². The van der Waals surface area contributed by atoms with Crippen molar-refractivity contribution in [3.05, 3.63) is 47.0 Å². The number of fused-ring (bicyclic) bond motifs is 4. The number of ether oxygens (including phenoxy) is 1. The molecule has 5 rings (SSSR count). The van der Waals surface area contributed by atoms with Gasteiger partial charge in [-0.05, 0) is 109 Å². The number of carbonyl (C=O) groups is 1. The molecule has 1 aromatic rings. The highest BCUT2D eigenvalue weighted by Gasteiger charge is 2.59. The standard InChI is InChI=1S/C34H48Cl2O2/c1-21(2)10-9-11-22(3)27-20-29(36)31-30-26(15-17-34(27,31)5)33(4)16-14-25(18-24(33)19-28(30)35)38-32(37)23-12-7-6-8-13-23/h6-8,12-13,21-22,24-29H,9-11,14-20H2,1-5H3/t22-,24-,25+,26+,27-,28-,29-,33+,34-/m1/s1. The van der Waals surface area contributed by atoms with E-state index in [2.05, 4.69) is 34.6 Å². The molecule has 0 bridgehead atoms. The molecule has 9 atom stereocenters. The summed E-state index contributed by atoms with van der Waals surface area (Å²) in [7, 11) is 0. The van der Waals surface area contributed by atoms with E-state index in [-0.39, 0.29) is 33.7 Å². The smallest absolute Gasteiger partial charge is 0.338 e. The van der Waals surface area contributed by atoms with E-state index in [1.165, 1.54) is 43.3 Å². The summed E-state index contributed by atoms with van der Waals surface area (Å²) in [6, 6.07) is 9.39. The van der Waals surface area contributed by atoms with Crippen LogP contribution < -0.4 is 0 Å². The molecular formula is C34H48Cl2O2. The third-order valence-electron chi connectivity index (χ3n) is 11.4. The minimum absolute atomic E-state index is 0.0176. The summed E-state index contributed by atoms with van der Waals surface area (Å²) in [4.78, 5) is 12.8. The lowest BCUT2D eigenvalue weighted by atomic mass is 9.48. The second-order valence-electron chi connectivity index (χ2n) is 14.1. The summed E-state index contributed by atoms with van der Waals surface area (Å²) < 4.78 is 6.02. The normalized spacial score (nSPS) is 39.4. The number of hydrogen-bond donors (Lipinski definition) is 0. The van der Waals surface area contributed by atoms with Crippen LogP contribution in [0.5, 0.6) is 0 Å². The summed E-state index contributed by atoms with van der Waals surface area (Å²) in [6.45, 7) is 12.2. The molecule has 0 radical (unpaired) electrons. The summed E-state index contributed by atoms with van der Waals surface area (Å²) in [5.74, 6) is 2.92. The SMILES string of the molecule is CC(C)CCC[C@@H](C)[C@H]1C[C@@H](Cl)C2=C3[C@H](Cl)C[C@H]4C[C@@H](OC(=O)c5ccccc5)CC[C@]4(C)[C@H]3CC[C@@]21C. The van der Waals surface area contributed by atoms with Crippen LogP contribution in [0.15, 0.2) is 41.5 Å². The molecule has 4 aliphatic carbocycles. The zero-order valence-corrected chi connectivity index (χ0v) is 25.7. The van der Waals surface area contributed by atoms with Crippen LogP contribution in [0.3, 0.4) is 0 Å². The molecule has 2 nitrogen and oxygen atoms in total. The van der Waals surface area contributed by atoms with Crippen LogP contribution >= 0.6 is 23.2 Å². The minimum atomic E-state index is -0.196. The van der Waals surface area contributed by atoms with Crippen molar-refractivity contribution < 1.29 is 9.53 Å². The topological polar surface area (TPSA) is 26.3 Å². The molecule has 0 spiro atoms. The van der Waals surface area contributed by atoms with E-state index in [4.69, 9.17) is 27.9 Å². The largest absolute Gasteiger partial charge is 0.459 e. The average Bonchev–Trinajstić information content (AvgIpc) is 3.15. The minimum Gasteiger partial charge on any atom is -0.459 e. The predicted octanol–water partition coefficient (Wildman–Crippen LogP) is 9.83. The molecule has 4 heteroatoms. The molecule has 0 aliphatic heterocycles.